The third kappa shape index (κ3) is 1.65. The van der Waals surface area contributed by atoms with Gasteiger partial charge >= 0.3 is 0 Å². The molecule has 7 nitrogen and oxygen atoms in total. The highest BCUT2D eigenvalue weighted by atomic mass is 15.3. The molecule has 1 rings (SSSR count). The van der Waals surface area contributed by atoms with Crippen LogP contribution in [0.5, 0.6) is 0 Å². The zero-order valence-electron chi connectivity index (χ0n) is 8.00. The first-order chi connectivity index (χ1) is 7.19. The molecule has 0 radical (unpaired) electrons. The molecule has 0 atom stereocenters. The standard InChI is InChI=1S/C8H9N7/c1-4-5(2-9)7(14-11)13-8(15-12)6(4)3-10/h11-12H2,1H3,(H2,13,14,15). The third-order valence-corrected chi connectivity index (χ3v) is 1.94. The van der Waals surface area contributed by atoms with Gasteiger partial charge in [-0.15, -0.1) is 0 Å². The van der Waals surface area contributed by atoms with E-state index in [2.05, 4.69) is 15.8 Å². The lowest BCUT2D eigenvalue weighted by atomic mass is 10.1. The van der Waals surface area contributed by atoms with Gasteiger partial charge in [-0.1, -0.05) is 0 Å². The van der Waals surface area contributed by atoms with E-state index in [-0.39, 0.29) is 22.8 Å². The molecule has 1 heterocycles. The predicted octanol–water partition coefficient (Wildman–Crippen LogP) is -0.295. The Labute approximate surface area is 86.3 Å². The first-order valence-electron chi connectivity index (χ1n) is 3.97. The van der Waals surface area contributed by atoms with Crippen molar-refractivity contribution in [1.82, 2.24) is 4.98 Å². The molecule has 6 N–H and O–H groups in total. The van der Waals surface area contributed by atoms with Gasteiger partial charge in [0.25, 0.3) is 0 Å². The molecule has 7 heteroatoms. The highest BCUT2D eigenvalue weighted by Gasteiger charge is 2.15. The predicted molar refractivity (Wildman–Crippen MR) is 54.0 cm³/mol. The topological polar surface area (TPSA) is 137 Å². The summed E-state index contributed by atoms with van der Waals surface area (Å²) < 4.78 is 0. The Morgan fingerprint density at radius 2 is 1.47 bits per heavy atom. The summed E-state index contributed by atoms with van der Waals surface area (Å²) in [6.45, 7) is 1.63. The lowest BCUT2D eigenvalue weighted by Gasteiger charge is -2.10. The molecule has 0 aliphatic carbocycles. The smallest absolute Gasteiger partial charge is 0.160 e. The molecule has 0 unspecified atom stereocenters. The van der Waals surface area contributed by atoms with E-state index in [1.165, 1.54) is 0 Å². The molecule has 0 fully saturated rings. The summed E-state index contributed by atoms with van der Waals surface area (Å²) in [6.07, 6.45) is 0. The fourth-order valence-corrected chi connectivity index (χ4v) is 1.19. The Balaban J connectivity index is 3.59. The van der Waals surface area contributed by atoms with Gasteiger partial charge in [0.2, 0.25) is 0 Å². The monoisotopic (exact) mass is 203 g/mol. The quantitative estimate of drug-likeness (QED) is 0.382. The molecule has 0 aliphatic rings. The molecule has 76 valence electrons. The fraction of sp³-hybridized carbons (Fsp3) is 0.125. The van der Waals surface area contributed by atoms with Crippen LogP contribution >= 0.6 is 0 Å². The summed E-state index contributed by atoms with van der Waals surface area (Å²) in [5.74, 6) is 10.8. The van der Waals surface area contributed by atoms with E-state index in [1.807, 2.05) is 12.1 Å². The van der Waals surface area contributed by atoms with Gasteiger partial charge in [-0.25, -0.2) is 16.7 Å². The number of rotatable bonds is 2. The van der Waals surface area contributed by atoms with Crippen LogP contribution in [0.25, 0.3) is 0 Å². The van der Waals surface area contributed by atoms with Crippen LogP contribution in [0.3, 0.4) is 0 Å². The van der Waals surface area contributed by atoms with Gasteiger partial charge in [0.1, 0.15) is 23.3 Å². The van der Waals surface area contributed by atoms with Crippen molar-refractivity contribution in [3.63, 3.8) is 0 Å². The largest absolute Gasteiger partial charge is 0.307 e. The van der Waals surface area contributed by atoms with Crippen LogP contribution in [0.15, 0.2) is 0 Å². The van der Waals surface area contributed by atoms with Crippen molar-refractivity contribution in [3.05, 3.63) is 16.7 Å². The molecule has 1 aromatic rings. The number of hydrazine groups is 2. The minimum Gasteiger partial charge on any atom is -0.307 e. The van der Waals surface area contributed by atoms with E-state index in [4.69, 9.17) is 22.2 Å². The summed E-state index contributed by atoms with van der Waals surface area (Å²) in [5, 5.41) is 17.7. The van der Waals surface area contributed by atoms with E-state index in [0.717, 1.165) is 0 Å². The minimum atomic E-state index is 0.182. The van der Waals surface area contributed by atoms with Crippen molar-refractivity contribution in [2.75, 3.05) is 10.9 Å². The highest BCUT2D eigenvalue weighted by molar-refractivity contribution is 5.67. The average Bonchev–Trinajstić information content (AvgIpc) is 2.27. The average molecular weight is 203 g/mol. The second kappa shape index (κ2) is 4.24. The second-order valence-electron chi connectivity index (χ2n) is 2.70. The number of nitrogens with one attached hydrogen (secondary N) is 2. The minimum absolute atomic E-state index is 0.182. The van der Waals surface area contributed by atoms with Crippen LogP contribution in [0.4, 0.5) is 11.6 Å². The molecule has 0 aromatic carbocycles. The first kappa shape index (κ1) is 10.7. The molecule has 1 aromatic heterocycles. The van der Waals surface area contributed by atoms with Gasteiger partial charge in [0, 0.05) is 0 Å². The lowest BCUT2D eigenvalue weighted by molar-refractivity contribution is 1.15. The van der Waals surface area contributed by atoms with Crippen molar-refractivity contribution in [2.24, 2.45) is 11.7 Å². The zero-order chi connectivity index (χ0) is 11.4. The van der Waals surface area contributed by atoms with Gasteiger partial charge in [-0.05, 0) is 12.5 Å². The van der Waals surface area contributed by atoms with Gasteiger partial charge in [0.05, 0.1) is 0 Å². The number of nitrogen functional groups attached to an aromatic ring is 2. The fourth-order valence-electron chi connectivity index (χ4n) is 1.19. The van der Waals surface area contributed by atoms with E-state index in [9.17, 15) is 0 Å². The van der Waals surface area contributed by atoms with Crippen LogP contribution < -0.4 is 22.5 Å². The Bertz CT molecular complexity index is 425. The second-order valence-corrected chi connectivity index (χ2v) is 2.70. The summed E-state index contributed by atoms with van der Waals surface area (Å²) in [5.41, 5.74) is 5.49. The molecular weight excluding hydrogens is 194 g/mol. The zero-order valence-corrected chi connectivity index (χ0v) is 8.00. The van der Waals surface area contributed by atoms with Gasteiger partial charge in [-0.2, -0.15) is 10.5 Å². The summed E-state index contributed by atoms with van der Waals surface area (Å²) in [7, 11) is 0. The third-order valence-electron chi connectivity index (χ3n) is 1.94. The van der Waals surface area contributed by atoms with Crippen molar-refractivity contribution >= 4 is 11.6 Å². The number of nitriles is 2. The summed E-state index contributed by atoms with van der Waals surface area (Å²) in [6, 6.07) is 3.83. The molecule has 0 saturated carbocycles. The van der Waals surface area contributed by atoms with Crippen molar-refractivity contribution < 1.29 is 0 Å². The molecule has 0 aliphatic heterocycles. The van der Waals surface area contributed by atoms with Crippen molar-refractivity contribution in [1.29, 1.82) is 10.5 Å². The maximum atomic E-state index is 8.87. The lowest BCUT2D eigenvalue weighted by Crippen LogP contribution is -2.16. The van der Waals surface area contributed by atoms with Crippen LogP contribution in [-0.4, -0.2) is 4.98 Å². The summed E-state index contributed by atoms with van der Waals surface area (Å²) >= 11 is 0. The van der Waals surface area contributed by atoms with Crippen molar-refractivity contribution in [3.8, 4) is 12.1 Å². The SMILES string of the molecule is Cc1c(C#N)c(NN)nc(NN)c1C#N. The highest BCUT2D eigenvalue weighted by Crippen LogP contribution is 2.24. The Kier molecular flexibility index (Phi) is 3.03. The van der Waals surface area contributed by atoms with Gasteiger partial charge in [0.15, 0.2) is 11.6 Å². The Hall–Kier alpha value is -2.35. The maximum Gasteiger partial charge on any atom is 0.160 e. The molecular formula is C8H9N7. The summed E-state index contributed by atoms with van der Waals surface area (Å²) in [4.78, 5) is 3.89. The Morgan fingerprint density at radius 1 is 1.07 bits per heavy atom. The number of aromatic nitrogens is 1. The van der Waals surface area contributed by atoms with E-state index >= 15 is 0 Å². The number of nitrogens with two attached hydrogens (primary N) is 2. The Morgan fingerprint density at radius 3 is 1.73 bits per heavy atom. The van der Waals surface area contributed by atoms with Gasteiger partial charge in [-0.3, -0.25) is 0 Å². The number of nitrogens with zero attached hydrogens (tertiary/aromatic N) is 3. The number of anilines is 2. The van der Waals surface area contributed by atoms with Gasteiger partial charge < -0.3 is 10.9 Å². The van der Waals surface area contributed by atoms with Crippen LogP contribution in [0, 0.1) is 29.6 Å². The molecule has 15 heavy (non-hydrogen) atoms. The molecule has 0 spiro atoms. The van der Waals surface area contributed by atoms with Crippen LogP contribution in [0.2, 0.25) is 0 Å². The normalized spacial score (nSPS) is 8.87. The van der Waals surface area contributed by atoms with Crippen LogP contribution in [-0.2, 0) is 0 Å². The number of hydrogen-bond acceptors (Lipinski definition) is 7. The number of pyridine rings is 1. The van der Waals surface area contributed by atoms with E-state index in [0.29, 0.717) is 5.56 Å². The maximum absolute atomic E-state index is 8.87. The first-order valence-corrected chi connectivity index (χ1v) is 3.97. The van der Waals surface area contributed by atoms with Crippen LogP contribution in [0.1, 0.15) is 16.7 Å². The molecule has 0 saturated heterocycles. The molecule has 0 amide bonds. The van der Waals surface area contributed by atoms with Crippen molar-refractivity contribution in [2.45, 2.75) is 6.92 Å². The number of hydrogen-bond donors (Lipinski definition) is 4. The van der Waals surface area contributed by atoms with E-state index in [1.54, 1.807) is 6.92 Å². The molecule has 0 bridgehead atoms. The van der Waals surface area contributed by atoms with E-state index < -0.39 is 0 Å².